The van der Waals surface area contributed by atoms with Crippen LogP contribution in [0.25, 0.3) is 0 Å². The smallest absolute Gasteiger partial charge is 0.243 e. The summed E-state index contributed by atoms with van der Waals surface area (Å²) < 4.78 is 31.1. The Bertz CT molecular complexity index is 685. The highest BCUT2D eigenvalue weighted by atomic mass is 19.2. The van der Waals surface area contributed by atoms with Crippen LogP contribution in [0.3, 0.4) is 0 Å². The topological polar surface area (TPSA) is 80.2 Å². The summed E-state index contributed by atoms with van der Waals surface area (Å²) in [5.74, 6) is -1.47. The molecule has 6 nitrogen and oxygen atoms in total. The molecule has 1 aromatic heterocycles. The van der Waals surface area contributed by atoms with Crippen LogP contribution in [0.5, 0.6) is 5.75 Å². The summed E-state index contributed by atoms with van der Waals surface area (Å²) in [6, 6.07) is 3.19. The van der Waals surface area contributed by atoms with Crippen LogP contribution in [0.15, 0.2) is 18.2 Å². The molecule has 2 rings (SSSR count). The number of aryl methyl sites for hydroxylation is 2. The number of ether oxygens (including phenoxy) is 1. The first-order valence-corrected chi connectivity index (χ1v) is 7.75. The fourth-order valence-corrected chi connectivity index (χ4v) is 2.04. The van der Waals surface area contributed by atoms with E-state index in [1.54, 1.807) is 0 Å². The molecule has 130 valence electrons. The molecule has 8 heteroatoms. The number of hydrogen-bond acceptors (Lipinski definition) is 6. The molecule has 1 unspecified atom stereocenters. The fourth-order valence-electron chi connectivity index (χ4n) is 2.04. The summed E-state index contributed by atoms with van der Waals surface area (Å²) in [5.41, 5.74) is 1.72. The van der Waals surface area contributed by atoms with Gasteiger partial charge in [-0.25, -0.2) is 13.8 Å². The fraction of sp³-hybridized carbons (Fsp3) is 0.438. The molecule has 0 aliphatic rings. The number of aromatic nitrogens is 3. The maximum Gasteiger partial charge on any atom is 0.243 e. The summed E-state index contributed by atoms with van der Waals surface area (Å²) in [6.07, 6.45) is 0.626. The van der Waals surface area contributed by atoms with E-state index < -0.39 is 17.7 Å². The van der Waals surface area contributed by atoms with Gasteiger partial charge >= 0.3 is 0 Å². The SMILES string of the molecule is CCc1nnc(NCC(O)COc2ccc(F)c(F)c2)nc1CC. The molecular weight excluding hydrogens is 318 g/mol. The molecule has 0 amide bonds. The quantitative estimate of drug-likeness (QED) is 0.767. The lowest BCUT2D eigenvalue weighted by atomic mass is 10.2. The third kappa shape index (κ3) is 4.82. The Balaban J connectivity index is 1.84. The molecule has 0 radical (unpaired) electrons. The van der Waals surface area contributed by atoms with E-state index in [1.807, 2.05) is 13.8 Å². The molecule has 0 aliphatic heterocycles. The largest absolute Gasteiger partial charge is 0.491 e. The maximum absolute atomic E-state index is 13.1. The van der Waals surface area contributed by atoms with Gasteiger partial charge in [-0.1, -0.05) is 13.8 Å². The molecule has 0 aliphatic carbocycles. The average molecular weight is 338 g/mol. The Morgan fingerprint density at radius 1 is 1.12 bits per heavy atom. The lowest BCUT2D eigenvalue weighted by Gasteiger charge is -2.14. The number of hydrogen-bond donors (Lipinski definition) is 2. The van der Waals surface area contributed by atoms with Crippen molar-refractivity contribution in [1.29, 1.82) is 0 Å². The van der Waals surface area contributed by atoms with Crippen molar-refractivity contribution in [3.8, 4) is 5.75 Å². The van der Waals surface area contributed by atoms with Crippen LogP contribution in [0.2, 0.25) is 0 Å². The molecular formula is C16H20F2N4O2. The highest BCUT2D eigenvalue weighted by Gasteiger charge is 2.10. The van der Waals surface area contributed by atoms with Crippen molar-refractivity contribution in [3.05, 3.63) is 41.2 Å². The van der Waals surface area contributed by atoms with E-state index in [1.165, 1.54) is 6.07 Å². The first-order chi connectivity index (χ1) is 11.5. The molecule has 2 aromatic rings. The number of rotatable bonds is 8. The lowest BCUT2D eigenvalue weighted by Crippen LogP contribution is -2.27. The van der Waals surface area contributed by atoms with Crippen molar-refractivity contribution >= 4 is 5.95 Å². The number of aliphatic hydroxyl groups excluding tert-OH is 1. The Morgan fingerprint density at radius 2 is 1.88 bits per heavy atom. The van der Waals surface area contributed by atoms with Gasteiger partial charge in [-0.15, -0.1) is 5.10 Å². The van der Waals surface area contributed by atoms with E-state index in [-0.39, 0.29) is 18.9 Å². The summed E-state index contributed by atoms with van der Waals surface area (Å²) in [6.45, 7) is 4.02. The monoisotopic (exact) mass is 338 g/mol. The van der Waals surface area contributed by atoms with Crippen LogP contribution in [0, 0.1) is 11.6 Å². The third-order valence-electron chi connectivity index (χ3n) is 3.34. The minimum atomic E-state index is -0.998. The third-order valence-corrected chi connectivity index (χ3v) is 3.34. The van der Waals surface area contributed by atoms with Gasteiger partial charge in [0.15, 0.2) is 11.6 Å². The maximum atomic E-state index is 13.1. The average Bonchev–Trinajstić information content (AvgIpc) is 2.60. The first kappa shape index (κ1) is 18.0. The van der Waals surface area contributed by atoms with Crippen molar-refractivity contribution in [3.63, 3.8) is 0 Å². The van der Waals surface area contributed by atoms with Crippen molar-refractivity contribution in [1.82, 2.24) is 15.2 Å². The van der Waals surface area contributed by atoms with E-state index in [0.717, 1.165) is 36.4 Å². The Morgan fingerprint density at radius 3 is 2.54 bits per heavy atom. The van der Waals surface area contributed by atoms with Crippen LogP contribution in [-0.2, 0) is 12.8 Å². The summed E-state index contributed by atoms with van der Waals surface area (Å²) >= 11 is 0. The van der Waals surface area contributed by atoms with Gasteiger partial charge in [0.25, 0.3) is 0 Å². The second-order valence-corrected chi connectivity index (χ2v) is 5.16. The Kier molecular flexibility index (Phi) is 6.36. The Hall–Kier alpha value is -2.35. The van der Waals surface area contributed by atoms with Crippen molar-refractivity contribution in [2.45, 2.75) is 32.8 Å². The zero-order valence-corrected chi connectivity index (χ0v) is 13.6. The molecule has 0 spiro atoms. The van der Waals surface area contributed by atoms with Gasteiger partial charge in [0.1, 0.15) is 18.5 Å². The normalized spacial score (nSPS) is 12.0. The van der Waals surface area contributed by atoms with E-state index in [9.17, 15) is 13.9 Å². The van der Waals surface area contributed by atoms with Gasteiger partial charge in [-0.3, -0.25) is 0 Å². The number of aliphatic hydroxyl groups is 1. The van der Waals surface area contributed by atoms with E-state index in [0.29, 0.717) is 5.95 Å². The van der Waals surface area contributed by atoms with Crippen LogP contribution in [0.1, 0.15) is 25.2 Å². The van der Waals surface area contributed by atoms with E-state index >= 15 is 0 Å². The van der Waals surface area contributed by atoms with Gasteiger partial charge in [-0.2, -0.15) is 5.10 Å². The second-order valence-electron chi connectivity index (χ2n) is 5.16. The number of anilines is 1. The summed E-state index contributed by atoms with van der Waals surface area (Å²) in [4.78, 5) is 4.35. The molecule has 0 saturated carbocycles. The van der Waals surface area contributed by atoms with Gasteiger partial charge < -0.3 is 15.2 Å². The van der Waals surface area contributed by atoms with Gasteiger partial charge in [-0.05, 0) is 25.0 Å². The van der Waals surface area contributed by atoms with Gasteiger partial charge in [0.2, 0.25) is 5.95 Å². The lowest BCUT2D eigenvalue weighted by molar-refractivity contribution is 0.117. The minimum Gasteiger partial charge on any atom is -0.491 e. The van der Waals surface area contributed by atoms with Gasteiger partial charge in [0.05, 0.1) is 11.4 Å². The molecule has 24 heavy (non-hydrogen) atoms. The van der Waals surface area contributed by atoms with E-state index in [4.69, 9.17) is 4.74 Å². The molecule has 1 aromatic carbocycles. The predicted octanol–water partition coefficient (Wildman–Crippen LogP) is 2.13. The summed E-state index contributed by atoms with van der Waals surface area (Å²) in [7, 11) is 0. The molecule has 0 fully saturated rings. The van der Waals surface area contributed by atoms with Crippen molar-refractivity contribution in [2.75, 3.05) is 18.5 Å². The molecule has 1 atom stereocenters. The Labute approximate surface area is 138 Å². The van der Waals surface area contributed by atoms with Gasteiger partial charge in [0, 0.05) is 12.6 Å². The van der Waals surface area contributed by atoms with Crippen LogP contribution >= 0.6 is 0 Å². The van der Waals surface area contributed by atoms with Crippen molar-refractivity contribution < 1.29 is 18.6 Å². The van der Waals surface area contributed by atoms with Crippen LogP contribution in [-0.4, -0.2) is 39.5 Å². The molecule has 2 N–H and O–H groups in total. The highest BCUT2D eigenvalue weighted by Crippen LogP contribution is 2.15. The van der Waals surface area contributed by atoms with Crippen LogP contribution in [0.4, 0.5) is 14.7 Å². The predicted molar refractivity (Wildman–Crippen MR) is 84.9 cm³/mol. The standard InChI is InChI=1S/C16H20F2N4O2/c1-3-14-15(4-2)21-22-16(20-14)19-8-10(23)9-24-11-5-6-12(17)13(18)7-11/h5-7,10,23H,3-4,8-9H2,1-2H3,(H,19,20,22). The first-order valence-electron chi connectivity index (χ1n) is 7.75. The number of benzene rings is 1. The minimum absolute atomic E-state index is 0.0841. The number of nitrogens with zero attached hydrogens (tertiary/aromatic N) is 3. The summed E-state index contributed by atoms with van der Waals surface area (Å²) in [5, 5.41) is 20.8. The van der Waals surface area contributed by atoms with Crippen LogP contribution < -0.4 is 10.1 Å². The number of halogens is 2. The molecule has 1 heterocycles. The second kappa shape index (κ2) is 8.49. The zero-order valence-electron chi connectivity index (χ0n) is 13.6. The zero-order chi connectivity index (χ0) is 17.5. The number of nitrogens with one attached hydrogen (secondary N) is 1. The molecule has 0 bridgehead atoms. The molecule has 0 saturated heterocycles. The van der Waals surface area contributed by atoms with E-state index in [2.05, 4.69) is 20.5 Å². The highest BCUT2D eigenvalue weighted by molar-refractivity contribution is 5.26. The van der Waals surface area contributed by atoms with Crippen molar-refractivity contribution in [2.24, 2.45) is 0 Å².